The highest BCUT2D eigenvalue weighted by atomic mass is 32.2. The molecule has 0 aromatic rings. The highest BCUT2D eigenvalue weighted by Gasteiger charge is 2.36. The van der Waals surface area contributed by atoms with E-state index in [1.165, 1.54) is 11.8 Å². The molecule has 54 valence electrons. The van der Waals surface area contributed by atoms with Crippen LogP contribution in [0, 0.1) is 11.8 Å². The van der Waals surface area contributed by atoms with Crippen molar-refractivity contribution in [2.24, 2.45) is 0 Å². The molecule has 2 nitrogen and oxygen atoms in total. The van der Waals surface area contributed by atoms with Gasteiger partial charge in [0.1, 0.15) is 0 Å². The summed E-state index contributed by atoms with van der Waals surface area (Å²) in [6.45, 7) is 0. The van der Waals surface area contributed by atoms with Gasteiger partial charge in [-0.15, -0.1) is 0 Å². The summed E-state index contributed by atoms with van der Waals surface area (Å²) < 4.78 is 12.8. The number of carboxylic acids is 1. The number of thioether (sulfide) groups is 1. The second-order valence-corrected chi connectivity index (χ2v) is 3.00. The predicted molar refractivity (Wildman–Crippen MR) is 36.6 cm³/mol. The van der Waals surface area contributed by atoms with Crippen LogP contribution in [0.3, 0.4) is 0 Å². The maximum Gasteiger partial charge on any atom is 0.382 e. The number of hydrogen-bond acceptors (Lipinski definition) is 2. The first kappa shape index (κ1) is 7.42. The van der Waals surface area contributed by atoms with Crippen molar-refractivity contribution in [2.45, 2.75) is 5.67 Å². The van der Waals surface area contributed by atoms with Crippen molar-refractivity contribution in [1.29, 1.82) is 0 Å². The Labute approximate surface area is 61.8 Å². The van der Waals surface area contributed by atoms with E-state index >= 15 is 0 Å². The van der Waals surface area contributed by atoms with Crippen molar-refractivity contribution in [3.8, 4) is 11.8 Å². The lowest BCUT2D eigenvalue weighted by Crippen LogP contribution is -2.36. The van der Waals surface area contributed by atoms with Crippen LogP contribution in [0.4, 0.5) is 4.39 Å². The largest absolute Gasteiger partial charge is 0.472 e. The van der Waals surface area contributed by atoms with E-state index in [0.29, 0.717) is 11.5 Å². The second kappa shape index (κ2) is 2.51. The molecule has 1 aliphatic heterocycles. The van der Waals surface area contributed by atoms with Gasteiger partial charge in [0, 0.05) is 17.4 Å². The Kier molecular flexibility index (Phi) is 1.86. The van der Waals surface area contributed by atoms with Gasteiger partial charge >= 0.3 is 5.97 Å². The van der Waals surface area contributed by atoms with Crippen molar-refractivity contribution in [1.82, 2.24) is 0 Å². The van der Waals surface area contributed by atoms with Gasteiger partial charge in [-0.2, -0.15) is 11.8 Å². The lowest BCUT2D eigenvalue weighted by atomic mass is 10.1. The number of alkyl halides is 1. The summed E-state index contributed by atoms with van der Waals surface area (Å²) in [5.41, 5.74) is -1.52. The number of aliphatic carboxylic acids is 1. The summed E-state index contributed by atoms with van der Waals surface area (Å²) in [4.78, 5) is 9.84. The van der Waals surface area contributed by atoms with Crippen molar-refractivity contribution in [2.75, 3.05) is 11.5 Å². The van der Waals surface area contributed by atoms with E-state index in [0.717, 1.165) is 0 Å². The van der Waals surface area contributed by atoms with Gasteiger partial charge in [-0.25, -0.2) is 9.18 Å². The first-order valence-corrected chi connectivity index (χ1v) is 3.81. The van der Waals surface area contributed by atoms with Crippen LogP contribution in [0.2, 0.25) is 0 Å². The molecular weight excluding hydrogens is 155 g/mol. The smallest absolute Gasteiger partial charge is 0.382 e. The molecule has 0 saturated carbocycles. The molecule has 0 unspecified atom stereocenters. The normalized spacial score (nSPS) is 20.1. The van der Waals surface area contributed by atoms with Gasteiger partial charge in [0.2, 0.25) is 0 Å². The average Bonchev–Trinajstić information content (AvgIpc) is 1.79. The number of carbonyl (C=O) groups is 1. The van der Waals surface area contributed by atoms with Crippen LogP contribution in [0.25, 0.3) is 0 Å². The third-order valence-electron chi connectivity index (χ3n) is 1.06. The number of hydrogen-bond donors (Lipinski definition) is 1. The van der Waals surface area contributed by atoms with Crippen molar-refractivity contribution in [3.05, 3.63) is 0 Å². The maximum absolute atomic E-state index is 12.8. The monoisotopic (exact) mass is 160 g/mol. The molecule has 0 spiro atoms. The summed E-state index contributed by atoms with van der Waals surface area (Å²) in [6, 6.07) is 0. The van der Waals surface area contributed by atoms with Crippen LogP contribution in [0.1, 0.15) is 0 Å². The van der Waals surface area contributed by atoms with Crippen LogP contribution in [-0.4, -0.2) is 28.3 Å². The Morgan fingerprint density at radius 3 is 2.60 bits per heavy atom. The number of carboxylic acid groups (broad SMARTS) is 1. The first-order valence-electron chi connectivity index (χ1n) is 2.65. The molecule has 1 rings (SSSR count). The van der Waals surface area contributed by atoms with Crippen LogP contribution in [-0.2, 0) is 4.79 Å². The SMILES string of the molecule is O=C(O)C#CC1(F)CSC1. The number of halogens is 1. The topological polar surface area (TPSA) is 37.3 Å². The van der Waals surface area contributed by atoms with E-state index in [9.17, 15) is 9.18 Å². The third kappa shape index (κ3) is 1.64. The molecule has 1 fully saturated rings. The van der Waals surface area contributed by atoms with Crippen LogP contribution in [0.5, 0.6) is 0 Å². The van der Waals surface area contributed by atoms with E-state index in [2.05, 4.69) is 5.92 Å². The summed E-state index contributed by atoms with van der Waals surface area (Å²) in [6.07, 6.45) is 0. The predicted octanol–water partition coefficient (Wildman–Crippen LogP) is 0.530. The third-order valence-corrected chi connectivity index (χ3v) is 2.38. The van der Waals surface area contributed by atoms with Gasteiger partial charge < -0.3 is 5.11 Å². The molecule has 0 atom stereocenters. The van der Waals surface area contributed by atoms with Gasteiger partial charge in [0.05, 0.1) is 0 Å². The molecule has 1 heterocycles. The fourth-order valence-electron chi connectivity index (χ4n) is 0.519. The second-order valence-electron chi connectivity index (χ2n) is 2.01. The zero-order valence-electron chi connectivity index (χ0n) is 5.06. The van der Waals surface area contributed by atoms with Gasteiger partial charge in [-0.05, 0) is 5.92 Å². The molecule has 4 heteroatoms. The minimum atomic E-state index is -1.52. The van der Waals surface area contributed by atoms with Gasteiger partial charge in [0.15, 0.2) is 5.67 Å². The molecule has 1 saturated heterocycles. The molecule has 0 bridgehead atoms. The standard InChI is InChI=1S/C6H5FO2S/c7-6(3-10-4-6)2-1-5(8)9/h3-4H2,(H,8,9). The van der Waals surface area contributed by atoms with Crippen molar-refractivity contribution in [3.63, 3.8) is 0 Å². The minimum absolute atomic E-state index is 0.299. The molecule has 0 aliphatic carbocycles. The summed E-state index contributed by atoms with van der Waals surface area (Å²) in [7, 11) is 0. The molecule has 0 amide bonds. The summed E-state index contributed by atoms with van der Waals surface area (Å²) in [5.74, 6) is 3.15. The molecule has 1 N–H and O–H groups in total. The Morgan fingerprint density at radius 1 is 1.70 bits per heavy atom. The zero-order chi connectivity index (χ0) is 7.61. The number of rotatable bonds is 0. The molecule has 10 heavy (non-hydrogen) atoms. The zero-order valence-corrected chi connectivity index (χ0v) is 5.87. The average molecular weight is 160 g/mol. The van der Waals surface area contributed by atoms with E-state index in [-0.39, 0.29) is 0 Å². The van der Waals surface area contributed by atoms with Crippen LogP contribution in [0.15, 0.2) is 0 Å². The molecule has 0 radical (unpaired) electrons. The van der Waals surface area contributed by atoms with Crippen LogP contribution >= 0.6 is 11.8 Å². The van der Waals surface area contributed by atoms with Gasteiger partial charge in [-0.3, -0.25) is 0 Å². The maximum atomic E-state index is 12.8. The minimum Gasteiger partial charge on any atom is -0.472 e. The molecule has 0 aromatic heterocycles. The first-order chi connectivity index (χ1) is 4.62. The fourth-order valence-corrected chi connectivity index (χ4v) is 1.23. The fraction of sp³-hybridized carbons (Fsp3) is 0.500. The lowest BCUT2D eigenvalue weighted by Gasteiger charge is -2.26. The highest BCUT2D eigenvalue weighted by Crippen LogP contribution is 2.32. The van der Waals surface area contributed by atoms with Crippen LogP contribution < -0.4 is 0 Å². The molecular formula is C6H5FO2S. The Hall–Kier alpha value is -0.690. The van der Waals surface area contributed by atoms with E-state index < -0.39 is 11.6 Å². The molecule has 0 aromatic carbocycles. The van der Waals surface area contributed by atoms with E-state index in [1.807, 2.05) is 0 Å². The molecule has 1 aliphatic rings. The summed E-state index contributed by atoms with van der Waals surface area (Å²) >= 11 is 1.43. The summed E-state index contributed by atoms with van der Waals surface area (Å²) in [5, 5.41) is 8.05. The van der Waals surface area contributed by atoms with Gasteiger partial charge in [-0.1, -0.05) is 0 Å². The Bertz CT molecular complexity index is 212. The Morgan fingerprint density at radius 2 is 2.30 bits per heavy atom. The lowest BCUT2D eigenvalue weighted by molar-refractivity contribution is -0.130. The van der Waals surface area contributed by atoms with Crippen molar-refractivity contribution >= 4 is 17.7 Å². The quantitative estimate of drug-likeness (QED) is 0.525. The van der Waals surface area contributed by atoms with Crippen molar-refractivity contribution < 1.29 is 14.3 Å². The van der Waals surface area contributed by atoms with E-state index in [1.54, 1.807) is 5.92 Å². The van der Waals surface area contributed by atoms with E-state index in [4.69, 9.17) is 5.11 Å². The highest BCUT2D eigenvalue weighted by molar-refractivity contribution is 8.00. The van der Waals surface area contributed by atoms with Gasteiger partial charge in [0.25, 0.3) is 0 Å². The Balaban J connectivity index is 2.53.